The van der Waals surface area contributed by atoms with E-state index < -0.39 is 22.0 Å². The minimum absolute atomic E-state index is 0.0279. The molecule has 0 saturated carbocycles. The van der Waals surface area contributed by atoms with E-state index in [4.69, 9.17) is 23.2 Å². The Morgan fingerprint density at radius 3 is 2.32 bits per heavy atom. The molecule has 1 heterocycles. The molecule has 0 atom stereocenters. The molecule has 8 nitrogen and oxygen atoms in total. The first-order valence-corrected chi connectivity index (χ1v) is 6.39. The molecule has 1 aromatic carbocycles. The first-order chi connectivity index (χ1) is 10.3. The molecule has 3 N–H and O–H groups in total. The number of benzene rings is 1. The zero-order valence-corrected chi connectivity index (χ0v) is 12.1. The lowest BCUT2D eigenvalue weighted by Gasteiger charge is -2.01. The maximum atomic E-state index is 11.5. The predicted octanol–water partition coefficient (Wildman–Crippen LogP) is 2.57. The Balaban J connectivity index is 2.39. The van der Waals surface area contributed by atoms with Crippen LogP contribution in [0.5, 0.6) is 11.6 Å². The van der Waals surface area contributed by atoms with Gasteiger partial charge in [-0.15, -0.1) is 0 Å². The van der Waals surface area contributed by atoms with Crippen molar-refractivity contribution in [1.82, 2.24) is 9.97 Å². The van der Waals surface area contributed by atoms with E-state index in [-0.39, 0.29) is 21.6 Å². The number of phenols is 1. The summed E-state index contributed by atoms with van der Waals surface area (Å²) in [5, 5.41) is 29.4. The van der Waals surface area contributed by atoms with Gasteiger partial charge in [-0.2, -0.15) is 4.98 Å². The fourth-order valence-corrected chi connectivity index (χ4v) is 2.08. The molecule has 0 fully saturated rings. The molecular formula is C12H7Cl2N3O5. The van der Waals surface area contributed by atoms with Gasteiger partial charge in [-0.1, -0.05) is 29.3 Å². The summed E-state index contributed by atoms with van der Waals surface area (Å²) in [6.45, 7) is 0. The van der Waals surface area contributed by atoms with Crippen molar-refractivity contribution in [3.8, 4) is 11.6 Å². The number of nitrogens with zero attached hydrogens (tertiary/aromatic N) is 2. The highest BCUT2D eigenvalue weighted by Crippen LogP contribution is 2.33. The van der Waals surface area contributed by atoms with Crippen molar-refractivity contribution in [1.29, 1.82) is 0 Å². The van der Waals surface area contributed by atoms with Crippen LogP contribution in [0.4, 0.5) is 5.69 Å². The van der Waals surface area contributed by atoms with Gasteiger partial charge in [0.1, 0.15) is 5.82 Å². The van der Waals surface area contributed by atoms with Crippen molar-refractivity contribution in [2.45, 2.75) is 0 Å². The Bertz CT molecular complexity index is 824. The van der Waals surface area contributed by atoms with Gasteiger partial charge in [0, 0.05) is 0 Å². The van der Waals surface area contributed by atoms with E-state index in [1.54, 1.807) is 0 Å². The number of nitrogens with one attached hydrogen (secondary N) is 1. The Labute approximate surface area is 132 Å². The molecule has 0 aliphatic heterocycles. The molecule has 0 saturated heterocycles. The summed E-state index contributed by atoms with van der Waals surface area (Å²) in [4.78, 5) is 26.6. The van der Waals surface area contributed by atoms with Gasteiger partial charge in [0.25, 0.3) is 5.88 Å². The summed E-state index contributed by atoms with van der Waals surface area (Å²) in [6, 6.07) is 2.81. The average Bonchev–Trinajstić information content (AvgIpc) is 2.41. The smallest absolute Gasteiger partial charge is 0.395 e. The first-order valence-electron chi connectivity index (χ1n) is 5.63. The number of H-pyrrole nitrogens is 1. The Morgan fingerprint density at radius 2 is 1.82 bits per heavy atom. The average molecular weight is 344 g/mol. The summed E-state index contributed by atoms with van der Waals surface area (Å²) in [5.41, 5.74) is -1.64. The van der Waals surface area contributed by atoms with Crippen molar-refractivity contribution >= 4 is 41.0 Å². The van der Waals surface area contributed by atoms with Gasteiger partial charge in [-0.3, -0.25) is 14.9 Å². The minimum Gasteiger partial charge on any atom is -0.505 e. The highest BCUT2D eigenvalue weighted by molar-refractivity contribution is 6.37. The predicted molar refractivity (Wildman–Crippen MR) is 80.2 cm³/mol. The quantitative estimate of drug-likeness (QED) is 0.580. The Kier molecular flexibility index (Phi) is 4.34. The van der Waals surface area contributed by atoms with Gasteiger partial charge in [0.2, 0.25) is 0 Å². The highest BCUT2D eigenvalue weighted by Gasteiger charge is 2.21. The van der Waals surface area contributed by atoms with E-state index >= 15 is 0 Å². The molecule has 0 aliphatic carbocycles. The molecule has 0 bridgehead atoms. The maximum absolute atomic E-state index is 11.5. The number of halogens is 2. The zero-order chi connectivity index (χ0) is 16.4. The van der Waals surface area contributed by atoms with Crippen molar-refractivity contribution in [3.63, 3.8) is 0 Å². The van der Waals surface area contributed by atoms with Crippen molar-refractivity contribution in [2.75, 3.05) is 0 Å². The Hall–Kier alpha value is -2.58. The number of phenolic OH excluding ortho intramolecular Hbond substituents is 1. The molecule has 22 heavy (non-hydrogen) atoms. The first kappa shape index (κ1) is 15.8. The summed E-state index contributed by atoms with van der Waals surface area (Å²) < 4.78 is 0. The largest absolute Gasteiger partial charge is 0.505 e. The van der Waals surface area contributed by atoms with E-state index in [1.807, 2.05) is 0 Å². The van der Waals surface area contributed by atoms with Gasteiger partial charge >= 0.3 is 11.2 Å². The van der Waals surface area contributed by atoms with Crippen LogP contribution in [0.25, 0.3) is 12.2 Å². The number of aromatic nitrogens is 2. The van der Waals surface area contributed by atoms with E-state index in [0.717, 1.165) is 0 Å². The number of aromatic hydroxyl groups is 2. The van der Waals surface area contributed by atoms with Crippen molar-refractivity contribution in [2.24, 2.45) is 0 Å². The van der Waals surface area contributed by atoms with Crippen LogP contribution in [0.2, 0.25) is 10.0 Å². The third-order valence-electron chi connectivity index (χ3n) is 2.55. The number of nitro groups is 1. The zero-order valence-electron chi connectivity index (χ0n) is 10.6. The Morgan fingerprint density at radius 1 is 1.23 bits per heavy atom. The van der Waals surface area contributed by atoms with Crippen LogP contribution in [-0.2, 0) is 0 Å². The second-order valence-corrected chi connectivity index (χ2v) is 4.86. The van der Waals surface area contributed by atoms with E-state index in [1.165, 1.54) is 24.3 Å². The van der Waals surface area contributed by atoms with Crippen LogP contribution in [0.1, 0.15) is 11.4 Å². The lowest BCUT2D eigenvalue weighted by atomic mass is 10.2. The second kappa shape index (κ2) is 6.04. The van der Waals surface area contributed by atoms with Gasteiger partial charge in [-0.25, -0.2) is 0 Å². The molecule has 0 unspecified atom stereocenters. The number of rotatable bonds is 3. The maximum Gasteiger partial charge on any atom is 0.395 e. The molecule has 114 valence electrons. The van der Waals surface area contributed by atoms with Gasteiger partial charge < -0.3 is 15.2 Å². The van der Waals surface area contributed by atoms with Crippen molar-refractivity contribution < 1.29 is 15.1 Å². The normalized spacial score (nSPS) is 11.0. The fourth-order valence-electron chi connectivity index (χ4n) is 1.57. The van der Waals surface area contributed by atoms with Crippen molar-refractivity contribution in [3.05, 3.63) is 54.0 Å². The van der Waals surface area contributed by atoms with Crippen LogP contribution in [0, 0.1) is 10.1 Å². The molecule has 0 aliphatic rings. The SMILES string of the molecule is O=c1[nH]c(C=Cc2cc(Cl)c(O)c(Cl)c2)nc(O)c1[N+](=O)[O-]. The lowest BCUT2D eigenvalue weighted by Crippen LogP contribution is -2.14. The van der Waals surface area contributed by atoms with Crippen LogP contribution in [0.15, 0.2) is 16.9 Å². The molecule has 0 spiro atoms. The van der Waals surface area contributed by atoms with Crippen LogP contribution < -0.4 is 5.56 Å². The summed E-state index contributed by atoms with van der Waals surface area (Å²) in [5.74, 6) is -1.36. The molecule has 10 heteroatoms. The van der Waals surface area contributed by atoms with E-state index in [2.05, 4.69) is 9.97 Å². The molecule has 1 aromatic heterocycles. The molecular weight excluding hydrogens is 337 g/mol. The van der Waals surface area contributed by atoms with E-state index in [0.29, 0.717) is 5.56 Å². The van der Waals surface area contributed by atoms with Crippen LogP contribution in [0.3, 0.4) is 0 Å². The summed E-state index contributed by atoms with van der Waals surface area (Å²) in [7, 11) is 0. The lowest BCUT2D eigenvalue weighted by molar-refractivity contribution is -0.387. The number of hydrogen-bond acceptors (Lipinski definition) is 6. The number of hydrogen-bond donors (Lipinski definition) is 3. The summed E-state index contributed by atoms with van der Waals surface area (Å²) in [6.07, 6.45) is 2.71. The number of aromatic amines is 1. The molecule has 2 aromatic rings. The topological polar surface area (TPSA) is 129 Å². The fraction of sp³-hybridized carbons (Fsp3) is 0. The van der Waals surface area contributed by atoms with E-state index in [9.17, 15) is 25.1 Å². The van der Waals surface area contributed by atoms with Crippen LogP contribution >= 0.6 is 23.2 Å². The third kappa shape index (κ3) is 3.18. The molecule has 0 radical (unpaired) electrons. The second-order valence-electron chi connectivity index (χ2n) is 4.05. The van der Waals surface area contributed by atoms with Gasteiger partial charge in [-0.05, 0) is 23.8 Å². The molecule has 2 rings (SSSR count). The van der Waals surface area contributed by atoms with Gasteiger partial charge in [0.15, 0.2) is 5.75 Å². The van der Waals surface area contributed by atoms with Gasteiger partial charge in [0.05, 0.1) is 15.0 Å². The highest BCUT2D eigenvalue weighted by atomic mass is 35.5. The monoisotopic (exact) mass is 343 g/mol. The minimum atomic E-state index is -1.08. The standard InChI is InChI=1S/C12H7Cl2N3O5/c13-6-3-5(4-7(14)10(6)18)1-2-8-15-11(19)9(17(21)22)12(20)16-8/h1-4,18H,(H2,15,16,19,20). The summed E-state index contributed by atoms with van der Waals surface area (Å²) >= 11 is 11.5. The van der Waals surface area contributed by atoms with Crippen LogP contribution in [-0.4, -0.2) is 25.1 Å². The third-order valence-corrected chi connectivity index (χ3v) is 3.13. The molecule has 0 amide bonds.